The van der Waals surface area contributed by atoms with Gasteiger partial charge in [-0.1, -0.05) is 49.3 Å². The van der Waals surface area contributed by atoms with E-state index >= 15 is 0 Å². The highest BCUT2D eigenvalue weighted by Gasteiger charge is 2.49. The van der Waals surface area contributed by atoms with Crippen LogP contribution in [0.1, 0.15) is 77.0 Å². The third-order valence-electron chi connectivity index (χ3n) is 6.78. The minimum Gasteiger partial charge on any atom is -0.258 e. The van der Waals surface area contributed by atoms with Crippen LogP contribution in [0.3, 0.4) is 0 Å². The van der Waals surface area contributed by atoms with Crippen LogP contribution in [-0.2, 0) is 23.6 Å². The highest BCUT2D eigenvalue weighted by molar-refractivity contribution is 8.23. The van der Waals surface area contributed by atoms with Crippen LogP contribution in [0.15, 0.2) is 0 Å². The van der Waals surface area contributed by atoms with Gasteiger partial charge in [0, 0.05) is 35.0 Å². The molecule has 4 rings (SSSR count). The van der Waals surface area contributed by atoms with Gasteiger partial charge in [0.2, 0.25) is 0 Å². The predicted octanol–water partition coefficient (Wildman–Crippen LogP) is 5.58. The molecule has 5 heteroatoms. The molecule has 0 spiro atoms. The lowest BCUT2D eigenvalue weighted by molar-refractivity contribution is 0.463. The zero-order valence-electron chi connectivity index (χ0n) is 13.0. The molecule has 120 valence electrons. The third-order valence-corrected chi connectivity index (χ3v) is 20.7. The van der Waals surface area contributed by atoms with Crippen LogP contribution in [0.5, 0.6) is 0 Å². The van der Waals surface area contributed by atoms with Gasteiger partial charge < -0.3 is 0 Å². The largest absolute Gasteiger partial charge is 0.258 e. The predicted molar refractivity (Wildman–Crippen MR) is 102 cm³/mol. The monoisotopic (exact) mass is 361 g/mol. The Balaban J connectivity index is 1.59. The van der Waals surface area contributed by atoms with Crippen molar-refractivity contribution in [3.05, 3.63) is 0 Å². The van der Waals surface area contributed by atoms with E-state index in [1.54, 1.807) is 0 Å². The molecule has 21 heavy (non-hydrogen) atoms. The summed E-state index contributed by atoms with van der Waals surface area (Å²) in [7, 11) is 0. The maximum absolute atomic E-state index is 6.44. The summed E-state index contributed by atoms with van der Waals surface area (Å²) in [5.74, 6) is 0. The van der Waals surface area contributed by atoms with Gasteiger partial charge in [0.05, 0.1) is 0 Å². The van der Waals surface area contributed by atoms with Crippen molar-refractivity contribution < 1.29 is 0 Å². The molecule has 0 aromatic rings. The zero-order chi connectivity index (χ0) is 14.5. The van der Waals surface area contributed by atoms with Gasteiger partial charge >= 0.3 is 0 Å². The molecule has 0 aromatic carbocycles. The lowest BCUT2D eigenvalue weighted by Crippen LogP contribution is -2.40. The molecule has 0 saturated heterocycles. The van der Waals surface area contributed by atoms with E-state index in [-0.39, 0.29) is 0 Å². The average molecular weight is 361 g/mol. The molecule has 4 fully saturated rings. The van der Waals surface area contributed by atoms with Crippen LogP contribution in [0.25, 0.3) is 0 Å². The van der Waals surface area contributed by atoms with E-state index < -0.39 is 12.4 Å². The number of nitrogens with one attached hydrogen (secondary N) is 1. The van der Waals surface area contributed by atoms with Crippen molar-refractivity contribution in [3.8, 4) is 0 Å². The van der Waals surface area contributed by atoms with Gasteiger partial charge in [-0.25, -0.2) is 0 Å². The van der Waals surface area contributed by atoms with Crippen LogP contribution in [0.2, 0.25) is 0 Å². The summed E-state index contributed by atoms with van der Waals surface area (Å²) in [6.07, 6.45) is 14.2. The second kappa shape index (κ2) is 5.96. The molecule has 0 heterocycles. The molecule has 0 amide bonds. The Morgan fingerprint density at radius 1 is 0.524 bits per heavy atom. The van der Waals surface area contributed by atoms with Gasteiger partial charge in [0.1, 0.15) is 0 Å². The first kappa shape index (κ1) is 15.8. The summed E-state index contributed by atoms with van der Waals surface area (Å²) in [6.45, 7) is 0. The van der Waals surface area contributed by atoms with Gasteiger partial charge in [-0.3, -0.25) is 4.86 Å². The first-order valence-electron chi connectivity index (χ1n) is 9.11. The molecule has 1 N–H and O–H groups in total. The summed E-state index contributed by atoms with van der Waals surface area (Å²) in [6, 6.07) is 0. The maximum atomic E-state index is 6.44. The first-order chi connectivity index (χ1) is 10.1. The molecule has 1 nitrogen and oxygen atoms in total. The third kappa shape index (κ3) is 2.58. The maximum Gasteiger partial charge on any atom is 0.0223 e. The second-order valence-corrected chi connectivity index (χ2v) is 18.0. The van der Waals surface area contributed by atoms with Crippen molar-refractivity contribution in [2.75, 3.05) is 0 Å². The summed E-state index contributed by atoms with van der Waals surface area (Å²) < 4.78 is 0. The van der Waals surface area contributed by atoms with E-state index in [1.807, 2.05) is 0 Å². The molecule has 0 aliphatic heterocycles. The molecule has 4 aliphatic rings. The molecule has 4 aliphatic carbocycles. The lowest BCUT2D eigenvalue weighted by Gasteiger charge is -2.54. The highest BCUT2D eigenvalue weighted by atomic mass is 32.5. The Hall–Kier alpha value is 1.26. The average Bonchev–Trinajstić information content (AvgIpc) is 2.00. The number of hydrogen-bond donors (Lipinski definition) is 1. The molecular formula is C16H29NP2S2. The van der Waals surface area contributed by atoms with Crippen LogP contribution in [0, 0.1) is 0 Å². The van der Waals surface area contributed by atoms with Crippen LogP contribution in [-0.4, -0.2) is 22.6 Å². The Labute approximate surface area is 140 Å². The van der Waals surface area contributed by atoms with Crippen molar-refractivity contribution in [1.82, 2.24) is 4.86 Å². The Morgan fingerprint density at radius 2 is 0.762 bits per heavy atom. The van der Waals surface area contributed by atoms with Gasteiger partial charge in [-0.05, 0) is 51.4 Å². The summed E-state index contributed by atoms with van der Waals surface area (Å²) >= 11 is 12.9. The first-order valence-corrected chi connectivity index (χ1v) is 15.0. The standard InChI is InChI=1S/C16H29NP2S2/c20-18(13-5-1-6-13,14-7-2-8-14)17-19(21,15-9-3-10-15)16-11-4-12-16/h13-16H,1-12H2,(H,17,20,21). The van der Waals surface area contributed by atoms with E-state index in [1.165, 1.54) is 77.0 Å². The molecular weight excluding hydrogens is 332 g/mol. The van der Waals surface area contributed by atoms with Crippen molar-refractivity contribution in [3.63, 3.8) is 0 Å². The van der Waals surface area contributed by atoms with Gasteiger partial charge in [-0.15, -0.1) is 0 Å². The fourth-order valence-corrected chi connectivity index (χ4v) is 20.0. The van der Waals surface area contributed by atoms with Crippen LogP contribution >= 0.6 is 12.4 Å². The Morgan fingerprint density at radius 3 is 0.905 bits per heavy atom. The normalized spacial score (nSPS) is 29.3. The summed E-state index contributed by atoms with van der Waals surface area (Å²) in [5, 5.41) is 0. The fourth-order valence-electron chi connectivity index (χ4n) is 4.25. The lowest BCUT2D eigenvalue weighted by atomic mass is 9.99. The summed E-state index contributed by atoms with van der Waals surface area (Å²) in [4.78, 5) is 4.27. The van der Waals surface area contributed by atoms with Crippen molar-refractivity contribution in [2.45, 2.75) is 99.7 Å². The molecule has 0 atom stereocenters. The van der Waals surface area contributed by atoms with E-state index in [2.05, 4.69) is 4.86 Å². The van der Waals surface area contributed by atoms with Gasteiger partial charge in [0.25, 0.3) is 0 Å². The summed E-state index contributed by atoms with van der Waals surface area (Å²) in [5.41, 5.74) is 3.45. The van der Waals surface area contributed by atoms with Gasteiger partial charge in [-0.2, -0.15) is 0 Å². The quantitative estimate of drug-likeness (QED) is 0.621. The Bertz CT molecular complexity index is 411. The smallest absolute Gasteiger partial charge is 0.0223 e. The Kier molecular flexibility index (Phi) is 4.48. The topological polar surface area (TPSA) is 12.0 Å². The minimum atomic E-state index is -1.39. The number of hydrogen-bond acceptors (Lipinski definition) is 2. The zero-order valence-corrected chi connectivity index (χ0v) is 16.4. The second-order valence-electron chi connectivity index (χ2n) is 7.86. The molecule has 0 unspecified atom stereocenters. The van der Waals surface area contributed by atoms with E-state index in [0.29, 0.717) is 0 Å². The minimum absolute atomic E-state index is 0.861. The van der Waals surface area contributed by atoms with Crippen molar-refractivity contribution >= 4 is 36.0 Å². The van der Waals surface area contributed by atoms with Crippen LogP contribution < -0.4 is 4.86 Å². The molecule has 4 saturated carbocycles. The van der Waals surface area contributed by atoms with Crippen molar-refractivity contribution in [1.29, 1.82) is 0 Å². The fraction of sp³-hybridized carbons (Fsp3) is 1.00. The number of rotatable bonds is 6. The van der Waals surface area contributed by atoms with Gasteiger partial charge in [0.15, 0.2) is 0 Å². The van der Waals surface area contributed by atoms with E-state index in [0.717, 1.165) is 22.6 Å². The molecule has 0 aromatic heterocycles. The SMILES string of the molecule is S=P(NP(=S)(C1CCC1)C1CCC1)(C1CCC1)C1CCC1. The van der Waals surface area contributed by atoms with Crippen LogP contribution in [0.4, 0.5) is 0 Å². The highest BCUT2D eigenvalue weighted by Crippen LogP contribution is 2.74. The van der Waals surface area contributed by atoms with E-state index in [9.17, 15) is 0 Å². The van der Waals surface area contributed by atoms with E-state index in [4.69, 9.17) is 23.6 Å². The molecule has 0 bridgehead atoms. The van der Waals surface area contributed by atoms with Crippen molar-refractivity contribution in [2.24, 2.45) is 0 Å². The molecule has 0 radical (unpaired) electrons.